The average Bonchev–Trinajstić information content (AvgIpc) is 2.47. The second-order valence-electron chi connectivity index (χ2n) is 5.43. The minimum Gasteiger partial charge on any atom is -0.284 e. The second-order valence-corrected chi connectivity index (χ2v) is 5.43. The number of rotatable bonds is 2. The van der Waals surface area contributed by atoms with E-state index in [-0.39, 0.29) is 0 Å². The Morgan fingerprint density at radius 2 is 1.55 bits per heavy atom. The van der Waals surface area contributed by atoms with Crippen LogP contribution in [0.1, 0.15) is 28.7 Å². The Balaban J connectivity index is 1.99. The summed E-state index contributed by atoms with van der Waals surface area (Å²) >= 11 is 0. The van der Waals surface area contributed by atoms with Crippen molar-refractivity contribution in [1.29, 1.82) is 0 Å². The molecule has 2 aromatic carbocycles. The van der Waals surface area contributed by atoms with Crippen LogP contribution in [0.25, 0.3) is 5.57 Å². The van der Waals surface area contributed by atoms with Crippen molar-refractivity contribution in [1.82, 2.24) is 0 Å². The van der Waals surface area contributed by atoms with Gasteiger partial charge >= 0.3 is 0 Å². The van der Waals surface area contributed by atoms with Gasteiger partial charge in [-0.2, -0.15) is 0 Å². The van der Waals surface area contributed by atoms with E-state index < -0.39 is 0 Å². The third-order valence-corrected chi connectivity index (χ3v) is 3.64. The van der Waals surface area contributed by atoms with Crippen LogP contribution in [-0.4, -0.2) is 12.3 Å². The zero-order valence-electron chi connectivity index (χ0n) is 12.1. The van der Waals surface area contributed by atoms with Crippen molar-refractivity contribution < 1.29 is 0 Å². The number of aliphatic imine (C=N–C) groups is 1. The van der Waals surface area contributed by atoms with E-state index in [2.05, 4.69) is 67.4 Å². The molecule has 0 aliphatic carbocycles. The van der Waals surface area contributed by atoms with Gasteiger partial charge in [0, 0.05) is 6.54 Å². The molecule has 1 heterocycles. The number of dihydropyridines is 1. The Morgan fingerprint density at radius 1 is 0.850 bits per heavy atom. The van der Waals surface area contributed by atoms with Crippen LogP contribution in [-0.2, 0) is 0 Å². The molecule has 0 N–H and O–H groups in total. The highest BCUT2D eigenvalue weighted by molar-refractivity contribution is 6.13. The van der Waals surface area contributed by atoms with E-state index in [1.165, 1.54) is 27.8 Å². The van der Waals surface area contributed by atoms with Crippen LogP contribution in [0, 0.1) is 13.8 Å². The summed E-state index contributed by atoms with van der Waals surface area (Å²) in [6.45, 7) is 5.20. The van der Waals surface area contributed by atoms with Gasteiger partial charge in [0.1, 0.15) is 0 Å². The normalized spacial score (nSPS) is 14.7. The highest BCUT2D eigenvalue weighted by Crippen LogP contribution is 2.25. The number of hydrogen-bond donors (Lipinski definition) is 0. The first-order chi connectivity index (χ1) is 9.72. The fourth-order valence-electron chi connectivity index (χ4n) is 2.75. The molecule has 0 unspecified atom stereocenters. The van der Waals surface area contributed by atoms with Crippen molar-refractivity contribution in [3.8, 4) is 0 Å². The first-order valence-corrected chi connectivity index (χ1v) is 7.11. The van der Waals surface area contributed by atoms with Gasteiger partial charge in [-0.3, -0.25) is 4.99 Å². The minimum absolute atomic E-state index is 0.878. The molecule has 0 aromatic heterocycles. The maximum absolute atomic E-state index is 4.66. The third-order valence-electron chi connectivity index (χ3n) is 3.64. The summed E-state index contributed by atoms with van der Waals surface area (Å²) in [5, 5.41) is 0. The smallest absolute Gasteiger partial charge is 0.0649 e. The van der Waals surface area contributed by atoms with Gasteiger partial charge in [-0.05, 0) is 43.0 Å². The van der Waals surface area contributed by atoms with Gasteiger partial charge < -0.3 is 0 Å². The lowest BCUT2D eigenvalue weighted by molar-refractivity contribution is 1.01. The highest BCUT2D eigenvalue weighted by Gasteiger charge is 2.10. The van der Waals surface area contributed by atoms with E-state index in [9.17, 15) is 0 Å². The molecule has 3 rings (SSSR count). The van der Waals surface area contributed by atoms with Crippen molar-refractivity contribution in [2.45, 2.75) is 20.3 Å². The fourth-order valence-corrected chi connectivity index (χ4v) is 2.75. The van der Waals surface area contributed by atoms with Crippen molar-refractivity contribution >= 4 is 11.3 Å². The van der Waals surface area contributed by atoms with Crippen molar-refractivity contribution in [3.05, 3.63) is 76.9 Å². The second kappa shape index (κ2) is 5.46. The minimum atomic E-state index is 0.878. The lowest BCUT2D eigenvalue weighted by atomic mass is 9.94. The van der Waals surface area contributed by atoms with E-state index in [0.29, 0.717) is 0 Å². The molecule has 0 atom stereocenters. The Morgan fingerprint density at radius 3 is 2.25 bits per heavy atom. The van der Waals surface area contributed by atoms with Crippen LogP contribution >= 0.6 is 0 Å². The zero-order valence-corrected chi connectivity index (χ0v) is 12.1. The third kappa shape index (κ3) is 2.72. The van der Waals surface area contributed by atoms with Crippen LogP contribution in [0.3, 0.4) is 0 Å². The predicted octanol–water partition coefficient (Wildman–Crippen LogP) is 4.58. The van der Waals surface area contributed by atoms with E-state index in [1.807, 2.05) is 6.07 Å². The molecule has 0 saturated carbocycles. The maximum Gasteiger partial charge on any atom is 0.0649 e. The van der Waals surface area contributed by atoms with Gasteiger partial charge in [0.2, 0.25) is 0 Å². The van der Waals surface area contributed by atoms with Crippen molar-refractivity contribution in [2.75, 3.05) is 6.54 Å². The summed E-state index contributed by atoms with van der Waals surface area (Å²) in [7, 11) is 0. The van der Waals surface area contributed by atoms with Crippen LogP contribution in [0.15, 0.2) is 59.6 Å². The van der Waals surface area contributed by atoms with Crippen LogP contribution < -0.4 is 0 Å². The molecule has 1 nitrogen and oxygen atoms in total. The molecule has 20 heavy (non-hydrogen) atoms. The summed E-state index contributed by atoms with van der Waals surface area (Å²) in [4.78, 5) is 4.66. The molecule has 0 spiro atoms. The Bertz CT molecular complexity index is 658. The Hall–Kier alpha value is -2.15. The summed E-state index contributed by atoms with van der Waals surface area (Å²) in [6.07, 6.45) is 3.27. The largest absolute Gasteiger partial charge is 0.284 e. The van der Waals surface area contributed by atoms with Gasteiger partial charge in [0.25, 0.3) is 0 Å². The number of allylic oxidation sites excluding steroid dienone is 1. The molecular formula is C19H19N. The average molecular weight is 261 g/mol. The molecular weight excluding hydrogens is 242 g/mol. The first kappa shape index (κ1) is 12.9. The van der Waals surface area contributed by atoms with Gasteiger partial charge in [-0.1, -0.05) is 59.7 Å². The number of nitrogens with zero attached hydrogens (tertiary/aromatic N) is 1. The van der Waals surface area contributed by atoms with E-state index >= 15 is 0 Å². The van der Waals surface area contributed by atoms with Crippen LogP contribution in [0.5, 0.6) is 0 Å². The molecule has 100 valence electrons. The topological polar surface area (TPSA) is 12.4 Å². The molecule has 1 aliphatic rings. The quantitative estimate of drug-likeness (QED) is 0.750. The van der Waals surface area contributed by atoms with Crippen molar-refractivity contribution in [2.24, 2.45) is 4.99 Å². The van der Waals surface area contributed by atoms with Crippen LogP contribution in [0.4, 0.5) is 0 Å². The van der Waals surface area contributed by atoms with E-state index in [1.54, 1.807) is 0 Å². The zero-order chi connectivity index (χ0) is 13.9. The monoisotopic (exact) mass is 261 g/mol. The van der Waals surface area contributed by atoms with Crippen LogP contribution in [0.2, 0.25) is 0 Å². The Kier molecular flexibility index (Phi) is 3.51. The molecule has 0 amide bonds. The molecule has 0 fully saturated rings. The molecule has 0 radical (unpaired) electrons. The standard InChI is InChI=1S/C19H19N/c1-14-10-15(2)12-18(11-14)17-8-9-20-19(13-17)16-6-4-3-5-7-16/h3-7,10-13H,8-9H2,1-2H3. The molecule has 1 heteroatoms. The summed E-state index contributed by atoms with van der Waals surface area (Å²) < 4.78 is 0. The van der Waals surface area contributed by atoms with Crippen molar-refractivity contribution in [3.63, 3.8) is 0 Å². The SMILES string of the molecule is Cc1cc(C)cc(C2=CC(c3ccccc3)=NCC2)c1. The summed E-state index contributed by atoms with van der Waals surface area (Å²) in [5.74, 6) is 0. The van der Waals surface area contributed by atoms with Gasteiger partial charge in [0.05, 0.1) is 5.71 Å². The predicted molar refractivity (Wildman–Crippen MR) is 86.4 cm³/mol. The van der Waals surface area contributed by atoms with Gasteiger partial charge in [0.15, 0.2) is 0 Å². The Labute approximate surface area is 120 Å². The van der Waals surface area contributed by atoms with E-state index in [0.717, 1.165) is 18.7 Å². The molecule has 0 saturated heterocycles. The first-order valence-electron chi connectivity index (χ1n) is 7.11. The fraction of sp³-hybridized carbons (Fsp3) is 0.211. The molecule has 2 aromatic rings. The van der Waals surface area contributed by atoms with E-state index in [4.69, 9.17) is 0 Å². The summed E-state index contributed by atoms with van der Waals surface area (Å²) in [5.41, 5.74) is 7.69. The highest BCUT2D eigenvalue weighted by atomic mass is 14.7. The molecule has 0 bridgehead atoms. The maximum atomic E-state index is 4.66. The number of aryl methyl sites for hydroxylation is 2. The molecule has 1 aliphatic heterocycles. The van der Waals surface area contributed by atoms with Gasteiger partial charge in [-0.25, -0.2) is 0 Å². The van der Waals surface area contributed by atoms with Gasteiger partial charge in [-0.15, -0.1) is 0 Å². The lowest BCUT2D eigenvalue weighted by Crippen LogP contribution is -2.06. The lowest BCUT2D eigenvalue weighted by Gasteiger charge is -2.15. The summed E-state index contributed by atoms with van der Waals surface area (Å²) in [6, 6.07) is 17.2. The number of hydrogen-bond acceptors (Lipinski definition) is 1. The number of benzene rings is 2.